The van der Waals surface area contributed by atoms with Crippen molar-refractivity contribution < 1.29 is 0 Å². The number of hydrogen-bond acceptors (Lipinski definition) is 6. The van der Waals surface area contributed by atoms with Crippen molar-refractivity contribution in [1.29, 1.82) is 0 Å². The number of aromatic amines is 1. The average molecular weight is 376 g/mol. The lowest BCUT2D eigenvalue weighted by Gasteiger charge is -2.29. The van der Waals surface area contributed by atoms with E-state index in [-0.39, 0.29) is 0 Å². The van der Waals surface area contributed by atoms with Gasteiger partial charge >= 0.3 is 0 Å². The molecule has 0 saturated carbocycles. The molecule has 0 amide bonds. The van der Waals surface area contributed by atoms with Gasteiger partial charge in [0.05, 0.1) is 5.52 Å². The predicted octanol–water partition coefficient (Wildman–Crippen LogP) is 2.90. The molecule has 1 aliphatic heterocycles. The zero-order chi connectivity index (χ0) is 19.1. The predicted molar refractivity (Wildman–Crippen MR) is 110 cm³/mol. The molecule has 0 atom stereocenters. The largest absolute Gasteiger partial charge is 0.351 e. The van der Waals surface area contributed by atoms with Gasteiger partial charge in [0.1, 0.15) is 11.2 Å². The number of piperidine rings is 1. The fourth-order valence-electron chi connectivity index (χ4n) is 3.92. The third-order valence-corrected chi connectivity index (χ3v) is 5.61. The molecule has 4 aromatic rings. The summed E-state index contributed by atoms with van der Waals surface area (Å²) in [5.41, 5.74) is 4.99. The Bertz CT molecular complexity index is 1120. The van der Waals surface area contributed by atoms with E-state index in [1.807, 2.05) is 23.1 Å². The van der Waals surface area contributed by atoms with E-state index in [0.29, 0.717) is 12.0 Å². The first-order valence-corrected chi connectivity index (χ1v) is 9.84. The minimum Gasteiger partial charge on any atom is -0.351 e. The fraction of sp³-hybridized carbons (Fsp3) is 0.400. The summed E-state index contributed by atoms with van der Waals surface area (Å²) in [7, 11) is 2.17. The highest BCUT2D eigenvalue weighted by Gasteiger charge is 2.18. The zero-order valence-electron chi connectivity index (χ0n) is 16.2. The Hall–Kier alpha value is -3.00. The van der Waals surface area contributed by atoms with Crippen LogP contribution in [0.2, 0.25) is 0 Å². The van der Waals surface area contributed by atoms with Crippen molar-refractivity contribution in [2.75, 3.05) is 25.5 Å². The number of aryl methyl sites for hydroxylation is 1. The van der Waals surface area contributed by atoms with Crippen LogP contribution in [0.5, 0.6) is 0 Å². The second kappa shape index (κ2) is 6.87. The van der Waals surface area contributed by atoms with Gasteiger partial charge < -0.3 is 15.2 Å². The summed E-state index contributed by atoms with van der Waals surface area (Å²) in [6, 6.07) is 6.66. The Kier molecular flexibility index (Phi) is 4.20. The first kappa shape index (κ1) is 17.1. The Morgan fingerprint density at radius 2 is 2.11 bits per heavy atom. The van der Waals surface area contributed by atoms with Crippen LogP contribution in [-0.4, -0.2) is 61.0 Å². The van der Waals surface area contributed by atoms with Crippen molar-refractivity contribution in [3.8, 4) is 11.1 Å². The first-order chi connectivity index (χ1) is 13.7. The number of nitrogens with zero attached hydrogens (tertiary/aromatic N) is 6. The zero-order valence-corrected chi connectivity index (χ0v) is 16.2. The van der Waals surface area contributed by atoms with Crippen LogP contribution in [-0.2, 0) is 6.54 Å². The minimum absolute atomic E-state index is 0.437. The van der Waals surface area contributed by atoms with Crippen LogP contribution >= 0.6 is 0 Å². The smallest absolute Gasteiger partial charge is 0.224 e. The maximum Gasteiger partial charge on any atom is 0.224 e. The van der Waals surface area contributed by atoms with E-state index < -0.39 is 0 Å². The number of rotatable bonds is 4. The summed E-state index contributed by atoms with van der Waals surface area (Å²) in [4.78, 5) is 14.9. The van der Waals surface area contributed by atoms with E-state index in [1.165, 1.54) is 0 Å². The van der Waals surface area contributed by atoms with Crippen molar-refractivity contribution in [2.45, 2.75) is 32.4 Å². The first-order valence-electron chi connectivity index (χ1n) is 9.84. The molecule has 5 rings (SSSR count). The molecule has 8 nitrogen and oxygen atoms in total. The molecule has 1 aromatic carbocycles. The van der Waals surface area contributed by atoms with E-state index in [9.17, 15) is 0 Å². The lowest BCUT2D eigenvalue weighted by molar-refractivity contribution is 0.263. The van der Waals surface area contributed by atoms with Gasteiger partial charge in [-0.15, -0.1) is 5.10 Å². The molecule has 0 spiro atoms. The van der Waals surface area contributed by atoms with Crippen molar-refractivity contribution in [1.82, 2.24) is 34.8 Å². The molecule has 1 aliphatic rings. The summed E-state index contributed by atoms with van der Waals surface area (Å²) in [6.45, 7) is 5.08. The molecule has 4 heterocycles. The molecule has 0 bridgehead atoms. The van der Waals surface area contributed by atoms with Crippen LogP contribution < -0.4 is 5.32 Å². The number of benzene rings is 1. The van der Waals surface area contributed by atoms with Gasteiger partial charge in [-0.3, -0.25) is 0 Å². The Morgan fingerprint density at radius 1 is 1.25 bits per heavy atom. The molecule has 2 N–H and O–H groups in total. The van der Waals surface area contributed by atoms with Gasteiger partial charge in [0.15, 0.2) is 0 Å². The number of aromatic nitrogens is 6. The maximum absolute atomic E-state index is 4.70. The molecule has 8 heteroatoms. The molecule has 0 unspecified atom stereocenters. The van der Waals surface area contributed by atoms with Crippen LogP contribution in [0.4, 0.5) is 5.95 Å². The molecule has 1 fully saturated rings. The summed E-state index contributed by atoms with van der Waals surface area (Å²) in [6.07, 6.45) is 6.14. The number of anilines is 1. The normalized spacial score (nSPS) is 16.2. The Labute approximate surface area is 163 Å². The van der Waals surface area contributed by atoms with Gasteiger partial charge in [-0.25, -0.2) is 9.67 Å². The van der Waals surface area contributed by atoms with Crippen LogP contribution in [0, 0.1) is 0 Å². The summed E-state index contributed by atoms with van der Waals surface area (Å²) < 4.78 is 1.91. The number of H-pyrrole nitrogens is 1. The highest BCUT2D eigenvalue weighted by atomic mass is 15.4. The quantitative estimate of drug-likeness (QED) is 0.569. The lowest BCUT2D eigenvalue weighted by atomic mass is 10.1. The Morgan fingerprint density at radius 3 is 2.93 bits per heavy atom. The monoisotopic (exact) mass is 376 g/mol. The van der Waals surface area contributed by atoms with E-state index >= 15 is 0 Å². The van der Waals surface area contributed by atoms with Gasteiger partial charge in [-0.05, 0) is 57.6 Å². The van der Waals surface area contributed by atoms with Crippen LogP contribution in [0.25, 0.3) is 33.2 Å². The summed E-state index contributed by atoms with van der Waals surface area (Å²) >= 11 is 0. The molecular formula is C20H24N8. The fourth-order valence-corrected chi connectivity index (χ4v) is 3.92. The second-order valence-corrected chi connectivity index (χ2v) is 7.49. The van der Waals surface area contributed by atoms with Crippen LogP contribution in [0.15, 0.2) is 30.6 Å². The topological polar surface area (TPSA) is 87.5 Å². The third kappa shape index (κ3) is 2.99. The van der Waals surface area contributed by atoms with Gasteiger partial charge in [-0.2, -0.15) is 4.98 Å². The van der Waals surface area contributed by atoms with Crippen molar-refractivity contribution in [3.63, 3.8) is 0 Å². The number of likely N-dealkylation sites (tertiary alicyclic amines) is 1. The van der Waals surface area contributed by atoms with E-state index in [2.05, 4.69) is 56.6 Å². The van der Waals surface area contributed by atoms with Gasteiger partial charge in [-0.1, -0.05) is 11.3 Å². The molecular weight excluding hydrogens is 352 g/mol. The standard InChI is InChI=1S/C20H24N8/c1-3-28-18-10-13(4-5-17(18)25-26-28)15-11-21-19-16(15)12-22-20(24-19)23-14-6-8-27(2)9-7-14/h4-5,10-12,14H,3,6-9H2,1-2H3,(H2,21,22,23,24). The Balaban J connectivity index is 1.45. The van der Waals surface area contributed by atoms with Crippen molar-refractivity contribution in [2.24, 2.45) is 0 Å². The highest BCUT2D eigenvalue weighted by Crippen LogP contribution is 2.30. The third-order valence-electron chi connectivity index (χ3n) is 5.61. The summed E-state index contributed by atoms with van der Waals surface area (Å²) in [5, 5.41) is 12.9. The van der Waals surface area contributed by atoms with Gasteiger partial charge in [0.25, 0.3) is 0 Å². The number of nitrogens with one attached hydrogen (secondary N) is 2. The molecule has 0 radical (unpaired) electrons. The van der Waals surface area contributed by atoms with E-state index in [1.54, 1.807) is 0 Å². The molecule has 1 saturated heterocycles. The summed E-state index contributed by atoms with van der Waals surface area (Å²) in [5.74, 6) is 0.694. The van der Waals surface area contributed by atoms with Gasteiger partial charge in [0.2, 0.25) is 5.95 Å². The van der Waals surface area contributed by atoms with Crippen molar-refractivity contribution >= 4 is 28.0 Å². The minimum atomic E-state index is 0.437. The number of hydrogen-bond donors (Lipinski definition) is 2. The second-order valence-electron chi connectivity index (χ2n) is 7.49. The van der Waals surface area contributed by atoms with Crippen molar-refractivity contribution in [3.05, 3.63) is 30.6 Å². The lowest BCUT2D eigenvalue weighted by Crippen LogP contribution is -2.37. The van der Waals surface area contributed by atoms with Gasteiger partial charge in [0, 0.05) is 35.9 Å². The highest BCUT2D eigenvalue weighted by molar-refractivity contribution is 5.95. The van der Waals surface area contributed by atoms with E-state index in [4.69, 9.17) is 4.98 Å². The SMILES string of the molecule is CCn1nnc2ccc(-c3c[nH]c4nc(NC5CCN(C)CC5)ncc34)cc21. The number of fused-ring (bicyclic) bond motifs is 2. The maximum atomic E-state index is 4.70. The molecule has 0 aliphatic carbocycles. The van der Waals surface area contributed by atoms with Crippen LogP contribution in [0.3, 0.4) is 0 Å². The molecule has 144 valence electrons. The molecule has 3 aromatic heterocycles. The molecule has 28 heavy (non-hydrogen) atoms. The van der Waals surface area contributed by atoms with Crippen LogP contribution in [0.1, 0.15) is 19.8 Å². The van der Waals surface area contributed by atoms with E-state index in [0.717, 1.165) is 65.7 Å². The average Bonchev–Trinajstić information content (AvgIpc) is 3.32.